The molecule has 0 radical (unpaired) electrons. The predicted molar refractivity (Wildman–Crippen MR) is 88.6 cm³/mol. The summed E-state index contributed by atoms with van der Waals surface area (Å²) in [4.78, 5) is -0.0485. The van der Waals surface area contributed by atoms with E-state index in [0.717, 1.165) is 12.1 Å². The molecule has 3 rings (SSSR count). The second kappa shape index (κ2) is 6.34. The summed E-state index contributed by atoms with van der Waals surface area (Å²) >= 11 is 0. The third kappa shape index (κ3) is 3.42. The Morgan fingerprint density at radius 1 is 0.720 bits per heavy atom. The molecule has 0 unspecified atom stereocenters. The van der Waals surface area contributed by atoms with E-state index in [-0.39, 0.29) is 10.5 Å². The van der Waals surface area contributed by atoms with Gasteiger partial charge in [-0.2, -0.15) is 0 Å². The molecule has 0 heterocycles. The van der Waals surface area contributed by atoms with Crippen LogP contribution in [0.2, 0.25) is 0 Å². The van der Waals surface area contributed by atoms with Crippen LogP contribution < -0.4 is 5.14 Å². The number of sulfonamides is 1. The van der Waals surface area contributed by atoms with Gasteiger partial charge in [0.1, 0.15) is 0 Å². The Morgan fingerprint density at radius 3 is 1.68 bits per heavy atom. The third-order valence-corrected chi connectivity index (χ3v) is 4.64. The van der Waals surface area contributed by atoms with Crippen LogP contribution in [-0.2, 0) is 10.0 Å². The minimum absolute atomic E-state index is 0.0485. The van der Waals surface area contributed by atoms with Crippen LogP contribution in [0, 0.1) is 17.5 Å². The van der Waals surface area contributed by atoms with E-state index in [1.807, 2.05) is 0 Å². The average Bonchev–Trinajstić information content (AvgIpc) is 2.58. The van der Waals surface area contributed by atoms with Crippen molar-refractivity contribution in [1.29, 1.82) is 0 Å². The molecule has 3 aromatic rings. The van der Waals surface area contributed by atoms with Crippen LogP contribution in [-0.4, -0.2) is 8.42 Å². The zero-order valence-electron chi connectivity index (χ0n) is 12.7. The largest absolute Gasteiger partial charge is 0.238 e. The van der Waals surface area contributed by atoms with Crippen LogP contribution in [0.15, 0.2) is 65.6 Å². The fourth-order valence-corrected chi connectivity index (χ4v) is 3.04. The van der Waals surface area contributed by atoms with Gasteiger partial charge in [-0.1, -0.05) is 36.4 Å². The summed E-state index contributed by atoms with van der Waals surface area (Å²) in [6.45, 7) is 0. The Labute approximate surface area is 142 Å². The number of halogens is 3. The third-order valence-electron chi connectivity index (χ3n) is 3.72. The molecule has 7 heteroatoms. The van der Waals surface area contributed by atoms with Crippen LogP contribution in [0.3, 0.4) is 0 Å². The molecule has 0 aliphatic carbocycles. The predicted octanol–water partition coefficient (Wildman–Crippen LogP) is 4.09. The van der Waals surface area contributed by atoms with Crippen molar-refractivity contribution in [2.45, 2.75) is 4.90 Å². The Balaban J connectivity index is 2.14. The van der Waals surface area contributed by atoms with Crippen molar-refractivity contribution in [1.82, 2.24) is 0 Å². The van der Waals surface area contributed by atoms with E-state index < -0.39 is 27.5 Å². The summed E-state index contributed by atoms with van der Waals surface area (Å²) < 4.78 is 63.0. The molecule has 0 fully saturated rings. The number of rotatable bonds is 3. The molecule has 0 saturated carbocycles. The fraction of sp³-hybridized carbons (Fsp3) is 0. The van der Waals surface area contributed by atoms with Crippen molar-refractivity contribution in [2.24, 2.45) is 5.14 Å². The molecule has 3 nitrogen and oxygen atoms in total. The van der Waals surface area contributed by atoms with Crippen molar-refractivity contribution in [3.63, 3.8) is 0 Å². The Kier molecular flexibility index (Phi) is 4.36. The highest BCUT2D eigenvalue weighted by Crippen LogP contribution is 2.33. The average molecular weight is 363 g/mol. The maximum Gasteiger partial charge on any atom is 0.238 e. The van der Waals surface area contributed by atoms with Gasteiger partial charge in [0.2, 0.25) is 10.0 Å². The van der Waals surface area contributed by atoms with E-state index in [9.17, 15) is 21.6 Å². The highest BCUT2D eigenvalue weighted by molar-refractivity contribution is 7.89. The Morgan fingerprint density at radius 2 is 1.20 bits per heavy atom. The normalized spacial score (nSPS) is 11.5. The lowest BCUT2D eigenvalue weighted by Gasteiger charge is -2.11. The highest BCUT2D eigenvalue weighted by Gasteiger charge is 2.15. The van der Waals surface area contributed by atoms with Crippen LogP contribution in [0.4, 0.5) is 13.2 Å². The second-order valence-corrected chi connectivity index (χ2v) is 6.93. The van der Waals surface area contributed by atoms with Crippen LogP contribution in [0.25, 0.3) is 22.3 Å². The van der Waals surface area contributed by atoms with Crippen molar-refractivity contribution >= 4 is 10.0 Å². The van der Waals surface area contributed by atoms with Crippen molar-refractivity contribution in [2.75, 3.05) is 0 Å². The first-order chi connectivity index (χ1) is 11.8. The zero-order valence-corrected chi connectivity index (χ0v) is 13.5. The first-order valence-corrected chi connectivity index (χ1v) is 8.69. The SMILES string of the molecule is NS(=O)(=O)c1ccc(-c2ccccc2-c2cc(F)c(F)c(F)c2)cc1. The van der Waals surface area contributed by atoms with Gasteiger partial charge >= 0.3 is 0 Å². The monoisotopic (exact) mass is 363 g/mol. The van der Waals surface area contributed by atoms with E-state index >= 15 is 0 Å². The minimum Gasteiger partial charge on any atom is -0.225 e. The summed E-state index contributed by atoms with van der Waals surface area (Å²) in [5.74, 6) is -4.09. The van der Waals surface area contributed by atoms with Gasteiger partial charge in [-0.05, 0) is 46.5 Å². The van der Waals surface area contributed by atoms with Crippen LogP contribution in [0.5, 0.6) is 0 Å². The standard InChI is InChI=1S/C18H12F3NO2S/c19-16-9-12(10-17(20)18(16)21)15-4-2-1-3-14(15)11-5-7-13(8-6-11)25(22,23)24/h1-10H,(H2,22,23,24). The van der Waals surface area contributed by atoms with E-state index in [0.29, 0.717) is 16.7 Å². The van der Waals surface area contributed by atoms with Gasteiger partial charge < -0.3 is 0 Å². The maximum absolute atomic E-state index is 13.5. The molecule has 0 aliphatic rings. The number of benzene rings is 3. The number of nitrogens with two attached hydrogens (primary N) is 1. The summed E-state index contributed by atoms with van der Waals surface area (Å²) in [5, 5.41) is 5.07. The number of hydrogen-bond donors (Lipinski definition) is 1. The molecule has 0 atom stereocenters. The lowest BCUT2D eigenvalue weighted by atomic mass is 9.94. The molecule has 0 bridgehead atoms. The molecule has 0 saturated heterocycles. The Bertz CT molecular complexity index is 1030. The fourth-order valence-electron chi connectivity index (χ4n) is 2.52. The van der Waals surface area contributed by atoms with Crippen molar-refractivity contribution in [3.8, 4) is 22.3 Å². The molecule has 0 aliphatic heterocycles. The van der Waals surface area contributed by atoms with Crippen molar-refractivity contribution < 1.29 is 21.6 Å². The molecule has 0 amide bonds. The molecule has 2 N–H and O–H groups in total. The molecular weight excluding hydrogens is 351 g/mol. The van der Waals surface area contributed by atoms with Crippen molar-refractivity contribution in [3.05, 3.63) is 78.1 Å². The van der Waals surface area contributed by atoms with Gasteiger partial charge in [-0.25, -0.2) is 26.7 Å². The first-order valence-electron chi connectivity index (χ1n) is 7.14. The van der Waals surface area contributed by atoms with E-state index in [1.165, 1.54) is 24.3 Å². The highest BCUT2D eigenvalue weighted by atomic mass is 32.2. The lowest BCUT2D eigenvalue weighted by Crippen LogP contribution is -2.11. The summed E-state index contributed by atoms with van der Waals surface area (Å²) in [6, 6.07) is 14.3. The molecule has 0 spiro atoms. The Hall–Kier alpha value is -2.64. The zero-order chi connectivity index (χ0) is 18.2. The van der Waals surface area contributed by atoms with Gasteiger partial charge in [0, 0.05) is 0 Å². The van der Waals surface area contributed by atoms with Gasteiger partial charge in [-0.15, -0.1) is 0 Å². The first kappa shape index (κ1) is 17.2. The van der Waals surface area contributed by atoms with Crippen LogP contribution >= 0.6 is 0 Å². The molecule has 3 aromatic carbocycles. The van der Waals surface area contributed by atoms with Gasteiger partial charge in [-0.3, -0.25) is 0 Å². The molecule has 128 valence electrons. The summed E-state index contributed by atoms with van der Waals surface area (Å²) in [7, 11) is -3.82. The molecular formula is C18H12F3NO2S. The number of hydrogen-bond acceptors (Lipinski definition) is 2. The smallest absolute Gasteiger partial charge is 0.225 e. The van der Waals surface area contributed by atoms with Gasteiger partial charge in [0.15, 0.2) is 17.5 Å². The topological polar surface area (TPSA) is 60.2 Å². The quantitative estimate of drug-likeness (QED) is 0.713. The molecule has 25 heavy (non-hydrogen) atoms. The van der Waals surface area contributed by atoms with Gasteiger partial charge in [0.25, 0.3) is 0 Å². The summed E-state index contributed by atoms with van der Waals surface area (Å²) in [6.07, 6.45) is 0. The summed E-state index contributed by atoms with van der Waals surface area (Å²) in [5.41, 5.74) is 1.87. The van der Waals surface area contributed by atoms with E-state index in [4.69, 9.17) is 5.14 Å². The second-order valence-electron chi connectivity index (χ2n) is 5.37. The van der Waals surface area contributed by atoms with Gasteiger partial charge in [0.05, 0.1) is 4.90 Å². The number of primary sulfonamides is 1. The van der Waals surface area contributed by atoms with E-state index in [1.54, 1.807) is 24.3 Å². The minimum atomic E-state index is -3.82. The van der Waals surface area contributed by atoms with E-state index in [2.05, 4.69) is 0 Å². The molecule has 0 aromatic heterocycles. The maximum atomic E-state index is 13.5. The van der Waals surface area contributed by atoms with Crippen LogP contribution in [0.1, 0.15) is 0 Å². The lowest BCUT2D eigenvalue weighted by molar-refractivity contribution is 0.448.